The number of rotatable bonds is 6. The smallest absolute Gasteiger partial charge is 0.240 e. The van der Waals surface area contributed by atoms with Crippen molar-refractivity contribution in [2.24, 2.45) is 0 Å². The molecule has 1 aromatic carbocycles. The summed E-state index contributed by atoms with van der Waals surface area (Å²) in [6.45, 7) is 4.62. The van der Waals surface area contributed by atoms with Gasteiger partial charge in [0.2, 0.25) is 5.89 Å². The van der Waals surface area contributed by atoms with Gasteiger partial charge in [-0.3, -0.25) is 0 Å². The van der Waals surface area contributed by atoms with Crippen LogP contribution in [0.15, 0.2) is 22.7 Å². The molecule has 0 aliphatic rings. The van der Waals surface area contributed by atoms with Crippen LogP contribution in [0, 0.1) is 11.6 Å². The highest BCUT2D eigenvalue weighted by molar-refractivity contribution is 5.21. The Morgan fingerprint density at radius 1 is 1.35 bits per heavy atom. The minimum Gasteiger partial charge on any atom is -0.338 e. The molecule has 4 nitrogen and oxygen atoms in total. The maximum Gasteiger partial charge on any atom is 0.240 e. The van der Waals surface area contributed by atoms with Gasteiger partial charge in [0.25, 0.3) is 0 Å². The van der Waals surface area contributed by atoms with Crippen molar-refractivity contribution in [3.8, 4) is 0 Å². The van der Waals surface area contributed by atoms with Gasteiger partial charge in [-0.05, 0) is 25.0 Å². The fourth-order valence-corrected chi connectivity index (χ4v) is 1.68. The van der Waals surface area contributed by atoms with E-state index >= 15 is 0 Å². The largest absolute Gasteiger partial charge is 0.338 e. The van der Waals surface area contributed by atoms with Crippen molar-refractivity contribution < 1.29 is 13.3 Å². The van der Waals surface area contributed by atoms with Crippen molar-refractivity contribution in [3.63, 3.8) is 0 Å². The normalized spacial score (nSPS) is 12.6. The van der Waals surface area contributed by atoms with E-state index in [1.165, 1.54) is 12.1 Å². The number of benzene rings is 1. The number of aromatic nitrogens is 2. The second-order valence-corrected chi connectivity index (χ2v) is 4.71. The summed E-state index contributed by atoms with van der Waals surface area (Å²) in [6, 6.07) is 3.81. The average molecular weight is 281 g/mol. The number of nitrogens with zero attached hydrogens (tertiary/aromatic N) is 2. The Balaban J connectivity index is 1.98. The fourth-order valence-electron chi connectivity index (χ4n) is 1.68. The first-order valence-corrected chi connectivity index (χ1v) is 6.57. The molecular weight excluding hydrogens is 264 g/mol. The monoisotopic (exact) mass is 281 g/mol. The first kappa shape index (κ1) is 14.6. The molecule has 0 fully saturated rings. The van der Waals surface area contributed by atoms with Crippen LogP contribution in [0.1, 0.15) is 37.5 Å². The lowest BCUT2D eigenvalue weighted by atomic mass is 10.1. The van der Waals surface area contributed by atoms with Crippen molar-refractivity contribution in [1.82, 2.24) is 15.5 Å². The van der Waals surface area contributed by atoms with Crippen molar-refractivity contribution >= 4 is 0 Å². The molecule has 0 aliphatic carbocycles. The van der Waals surface area contributed by atoms with E-state index < -0.39 is 11.6 Å². The lowest BCUT2D eigenvalue weighted by molar-refractivity contribution is 0.354. The van der Waals surface area contributed by atoms with Gasteiger partial charge in [-0.25, -0.2) is 8.78 Å². The lowest BCUT2D eigenvalue weighted by Gasteiger charge is -2.07. The van der Waals surface area contributed by atoms with Gasteiger partial charge < -0.3 is 9.84 Å². The number of hydrogen-bond acceptors (Lipinski definition) is 4. The summed E-state index contributed by atoms with van der Waals surface area (Å²) >= 11 is 0. The summed E-state index contributed by atoms with van der Waals surface area (Å²) in [5.74, 6) is -0.355. The molecule has 1 N–H and O–H groups in total. The molecule has 1 heterocycles. The van der Waals surface area contributed by atoms with Crippen LogP contribution >= 0.6 is 0 Å². The predicted octanol–water partition coefficient (Wildman–Crippen LogP) is 2.83. The quantitative estimate of drug-likeness (QED) is 0.884. The van der Waals surface area contributed by atoms with Crippen LogP contribution in [-0.4, -0.2) is 16.2 Å². The van der Waals surface area contributed by atoms with Gasteiger partial charge in [0, 0.05) is 18.5 Å². The Kier molecular flexibility index (Phi) is 4.79. The topological polar surface area (TPSA) is 51.0 Å². The van der Waals surface area contributed by atoms with Crippen molar-refractivity contribution in [2.75, 3.05) is 0 Å². The molecule has 0 bridgehead atoms. The zero-order chi connectivity index (χ0) is 14.5. The Morgan fingerprint density at radius 3 is 2.85 bits per heavy atom. The summed E-state index contributed by atoms with van der Waals surface area (Å²) in [6.07, 6.45) is 1.18. The van der Waals surface area contributed by atoms with Gasteiger partial charge in [-0.1, -0.05) is 18.1 Å². The van der Waals surface area contributed by atoms with E-state index in [0.29, 0.717) is 29.9 Å². The van der Waals surface area contributed by atoms with Crippen LogP contribution in [0.3, 0.4) is 0 Å². The summed E-state index contributed by atoms with van der Waals surface area (Å²) in [4.78, 5) is 4.17. The molecule has 6 heteroatoms. The van der Waals surface area contributed by atoms with Gasteiger partial charge in [0.1, 0.15) is 11.6 Å². The molecule has 0 amide bonds. The van der Waals surface area contributed by atoms with Crippen LogP contribution in [0.4, 0.5) is 8.78 Å². The molecule has 108 valence electrons. The van der Waals surface area contributed by atoms with E-state index in [1.807, 2.05) is 0 Å². The van der Waals surface area contributed by atoms with Crippen LogP contribution in [-0.2, 0) is 13.0 Å². The number of halogens is 2. The van der Waals surface area contributed by atoms with Crippen molar-refractivity contribution in [1.29, 1.82) is 0 Å². The molecule has 0 spiro atoms. The minimum absolute atomic E-state index is 0.180. The Hall–Kier alpha value is -1.82. The standard InChI is InChI=1S/C14H17F2N3O/c1-3-9(2)17-8-14-18-13(19-20-14)6-10-4-5-11(15)7-12(10)16/h4-5,7,9,17H,3,6,8H2,1-2H3. The highest BCUT2D eigenvalue weighted by Crippen LogP contribution is 2.13. The maximum absolute atomic E-state index is 13.5. The Bertz CT molecular complexity index is 571. The second kappa shape index (κ2) is 6.56. The summed E-state index contributed by atoms with van der Waals surface area (Å²) < 4.78 is 31.4. The molecule has 1 atom stereocenters. The van der Waals surface area contributed by atoms with Crippen molar-refractivity contribution in [2.45, 2.75) is 39.3 Å². The van der Waals surface area contributed by atoms with Gasteiger partial charge in [0.15, 0.2) is 5.82 Å². The van der Waals surface area contributed by atoms with E-state index in [0.717, 1.165) is 12.5 Å². The molecule has 0 aliphatic heterocycles. The third-order valence-electron chi connectivity index (χ3n) is 3.09. The van der Waals surface area contributed by atoms with Crippen molar-refractivity contribution in [3.05, 3.63) is 47.1 Å². The predicted molar refractivity (Wildman–Crippen MR) is 70.1 cm³/mol. The fraction of sp³-hybridized carbons (Fsp3) is 0.429. The zero-order valence-corrected chi connectivity index (χ0v) is 11.5. The Labute approximate surface area is 116 Å². The number of hydrogen-bond donors (Lipinski definition) is 1. The molecule has 0 radical (unpaired) electrons. The van der Waals surface area contributed by atoms with Gasteiger partial charge in [0.05, 0.1) is 6.54 Å². The zero-order valence-electron chi connectivity index (χ0n) is 11.5. The summed E-state index contributed by atoms with van der Waals surface area (Å²) in [5, 5.41) is 7.02. The molecule has 1 unspecified atom stereocenters. The van der Waals surface area contributed by atoms with E-state index in [1.54, 1.807) is 0 Å². The van der Waals surface area contributed by atoms with Gasteiger partial charge >= 0.3 is 0 Å². The third-order valence-corrected chi connectivity index (χ3v) is 3.09. The first-order chi connectivity index (χ1) is 9.58. The van der Waals surface area contributed by atoms with Gasteiger partial charge in [-0.2, -0.15) is 4.98 Å². The van der Waals surface area contributed by atoms with Crippen LogP contribution in [0.2, 0.25) is 0 Å². The van der Waals surface area contributed by atoms with E-state index in [9.17, 15) is 8.78 Å². The molecule has 1 aromatic heterocycles. The lowest BCUT2D eigenvalue weighted by Crippen LogP contribution is -2.24. The molecule has 2 rings (SSSR count). The SMILES string of the molecule is CCC(C)NCc1nc(Cc2ccc(F)cc2F)no1. The van der Waals surface area contributed by atoms with Crippen LogP contribution < -0.4 is 5.32 Å². The highest BCUT2D eigenvalue weighted by Gasteiger charge is 2.11. The Morgan fingerprint density at radius 2 is 2.15 bits per heavy atom. The highest BCUT2D eigenvalue weighted by atomic mass is 19.1. The van der Waals surface area contributed by atoms with Crippen LogP contribution in [0.5, 0.6) is 0 Å². The molecular formula is C14H17F2N3O. The summed E-state index contributed by atoms with van der Waals surface area (Å²) in [7, 11) is 0. The van der Waals surface area contributed by atoms with E-state index in [2.05, 4.69) is 29.3 Å². The molecule has 2 aromatic rings. The van der Waals surface area contributed by atoms with E-state index in [-0.39, 0.29) is 6.42 Å². The maximum atomic E-state index is 13.5. The molecule has 20 heavy (non-hydrogen) atoms. The summed E-state index contributed by atoms with van der Waals surface area (Å²) in [5.41, 5.74) is 0.341. The first-order valence-electron chi connectivity index (χ1n) is 6.57. The molecule has 0 saturated carbocycles. The van der Waals surface area contributed by atoms with Crippen LogP contribution in [0.25, 0.3) is 0 Å². The average Bonchev–Trinajstić information content (AvgIpc) is 2.87. The third kappa shape index (κ3) is 3.84. The van der Waals surface area contributed by atoms with E-state index in [4.69, 9.17) is 4.52 Å². The number of nitrogens with one attached hydrogen (secondary N) is 1. The minimum atomic E-state index is -0.603. The second-order valence-electron chi connectivity index (χ2n) is 4.71. The molecule has 0 saturated heterocycles. The van der Waals surface area contributed by atoms with Gasteiger partial charge in [-0.15, -0.1) is 0 Å².